The summed E-state index contributed by atoms with van der Waals surface area (Å²) < 4.78 is 0. The summed E-state index contributed by atoms with van der Waals surface area (Å²) in [5.41, 5.74) is 2.24. The number of carboxylic acids is 8. The molecule has 0 atom stereocenters. The average molecular weight is 949 g/mol. The molecule has 26 nitrogen and oxygen atoms in total. The number of carbonyl (C=O) groups is 10. The van der Waals surface area contributed by atoms with Crippen LogP contribution in [0.15, 0.2) is 48.5 Å². The molecular formula is C41H56N8O18. The van der Waals surface area contributed by atoms with E-state index in [-0.39, 0.29) is 58.9 Å². The molecule has 0 aliphatic carbocycles. The van der Waals surface area contributed by atoms with Gasteiger partial charge in [-0.3, -0.25) is 77.3 Å². The van der Waals surface area contributed by atoms with E-state index >= 15 is 0 Å². The lowest BCUT2D eigenvalue weighted by Gasteiger charge is -2.28. The number of amides is 2. The van der Waals surface area contributed by atoms with Crippen molar-refractivity contribution in [2.45, 2.75) is 0 Å². The van der Waals surface area contributed by atoms with Gasteiger partial charge in [-0.25, -0.2) is 0 Å². The summed E-state index contributed by atoms with van der Waals surface area (Å²) in [4.78, 5) is 126. The van der Waals surface area contributed by atoms with Crippen LogP contribution in [-0.2, 0) is 47.9 Å². The predicted molar refractivity (Wildman–Crippen MR) is 234 cm³/mol. The molecule has 2 amide bonds. The molecule has 0 fully saturated rings. The second kappa shape index (κ2) is 28.7. The number of nitrogens with zero attached hydrogens (tertiary/aromatic N) is 7. The van der Waals surface area contributed by atoms with E-state index in [1.165, 1.54) is 31.5 Å². The third-order valence-corrected chi connectivity index (χ3v) is 9.66. The SMILES string of the molecule is CN(C(=O)CN(CCN(CCN(CC(=O)O)CC(=O)O)CC(=O)O)CC(=O)O)c1ccc(-c2ccc(NC(=O)CN(CCN(CCN(CC(=O)O)CC(=O)O)CC(=O)O)CC(=O)O)cc2)cc1. The highest BCUT2D eigenvalue weighted by molar-refractivity contribution is 5.95. The van der Waals surface area contributed by atoms with Crippen molar-refractivity contribution in [1.29, 1.82) is 0 Å². The molecule has 9 N–H and O–H groups in total. The Kier molecular flexibility index (Phi) is 24.0. The van der Waals surface area contributed by atoms with E-state index in [1.54, 1.807) is 48.5 Å². The molecule has 67 heavy (non-hydrogen) atoms. The summed E-state index contributed by atoms with van der Waals surface area (Å²) in [5, 5.41) is 76.8. The van der Waals surface area contributed by atoms with Crippen LogP contribution in [0.4, 0.5) is 11.4 Å². The van der Waals surface area contributed by atoms with Gasteiger partial charge in [0.25, 0.3) is 0 Å². The number of rotatable bonds is 35. The zero-order valence-electron chi connectivity index (χ0n) is 36.6. The molecule has 0 unspecified atom stereocenters. The first-order valence-corrected chi connectivity index (χ1v) is 20.3. The molecule has 0 bridgehead atoms. The highest BCUT2D eigenvalue weighted by Gasteiger charge is 2.23. The molecule has 0 aliphatic heterocycles. The van der Waals surface area contributed by atoms with Crippen LogP contribution >= 0.6 is 0 Å². The van der Waals surface area contributed by atoms with Crippen LogP contribution in [0.2, 0.25) is 0 Å². The van der Waals surface area contributed by atoms with Crippen LogP contribution < -0.4 is 10.2 Å². The number of carboxylic acid groups (broad SMARTS) is 8. The molecule has 0 saturated carbocycles. The quantitative estimate of drug-likeness (QED) is 0.0352. The van der Waals surface area contributed by atoms with Crippen molar-refractivity contribution in [1.82, 2.24) is 29.4 Å². The average Bonchev–Trinajstić information content (AvgIpc) is 3.20. The van der Waals surface area contributed by atoms with E-state index in [0.717, 1.165) is 9.80 Å². The number of aliphatic carboxylic acids is 8. The van der Waals surface area contributed by atoms with Gasteiger partial charge in [0.05, 0.1) is 65.4 Å². The van der Waals surface area contributed by atoms with Crippen LogP contribution in [-0.4, -0.2) is 255 Å². The van der Waals surface area contributed by atoms with Gasteiger partial charge in [-0.2, -0.15) is 0 Å². The van der Waals surface area contributed by atoms with Gasteiger partial charge in [-0.15, -0.1) is 0 Å². The highest BCUT2D eigenvalue weighted by Crippen LogP contribution is 2.24. The second-order valence-electron chi connectivity index (χ2n) is 15.2. The Hall–Kier alpha value is -7.10. The van der Waals surface area contributed by atoms with Crippen molar-refractivity contribution < 1.29 is 88.8 Å². The number of nitrogens with one attached hydrogen (secondary N) is 1. The lowest BCUT2D eigenvalue weighted by Crippen LogP contribution is -2.46. The van der Waals surface area contributed by atoms with Crippen LogP contribution in [0.3, 0.4) is 0 Å². The summed E-state index contributed by atoms with van der Waals surface area (Å²) in [6.07, 6.45) is 0. The summed E-state index contributed by atoms with van der Waals surface area (Å²) in [6.45, 7) is -5.90. The normalized spacial score (nSPS) is 11.3. The Morgan fingerprint density at radius 3 is 0.925 bits per heavy atom. The lowest BCUT2D eigenvalue weighted by atomic mass is 10.0. The van der Waals surface area contributed by atoms with Gasteiger partial charge >= 0.3 is 47.8 Å². The van der Waals surface area contributed by atoms with Crippen LogP contribution in [0.1, 0.15) is 0 Å². The van der Waals surface area contributed by atoms with E-state index in [0.29, 0.717) is 22.5 Å². The molecule has 2 aromatic rings. The molecule has 0 aromatic heterocycles. The number of hydrogen-bond donors (Lipinski definition) is 9. The largest absolute Gasteiger partial charge is 0.480 e. The number of anilines is 2. The highest BCUT2D eigenvalue weighted by atomic mass is 16.4. The van der Waals surface area contributed by atoms with Gasteiger partial charge < -0.3 is 51.1 Å². The first kappa shape index (κ1) is 56.0. The number of carbonyl (C=O) groups excluding carboxylic acids is 2. The minimum absolute atomic E-state index is 0.0428. The molecule has 368 valence electrons. The van der Waals surface area contributed by atoms with E-state index in [4.69, 9.17) is 20.4 Å². The molecule has 2 aromatic carbocycles. The molecule has 0 aliphatic rings. The molecule has 26 heteroatoms. The van der Waals surface area contributed by atoms with Gasteiger partial charge in [0.2, 0.25) is 11.8 Å². The molecule has 2 rings (SSSR count). The molecule has 0 radical (unpaired) electrons. The Balaban J connectivity index is 2.05. The topological polar surface area (TPSA) is 367 Å². The smallest absolute Gasteiger partial charge is 0.317 e. The molecular weight excluding hydrogens is 892 g/mol. The fourth-order valence-electron chi connectivity index (χ4n) is 6.53. The van der Waals surface area contributed by atoms with Crippen molar-refractivity contribution in [2.24, 2.45) is 0 Å². The maximum atomic E-state index is 13.3. The molecule has 0 heterocycles. The predicted octanol–water partition coefficient (Wildman–Crippen LogP) is -2.26. The van der Waals surface area contributed by atoms with E-state index < -0.39 is 118 Å². The van der Waals surface area contributed by atoms with Crippen molar-refractivity contribution in [3.63, 3.8) is 0 Å². The zero-order valence-corrected chi connectivity index (χ0v) is 36.6. The standard InChI is InChI=1S/C41H56N8O18/c1-43(33(51)19-47(23-37(58)59)15-11-45(21-35(54)55)13-17-49(26-40(64)65)27-41(66)67)31-8-4-29(5-9-31)28-2-6-30(7-3-28)42-32(50)18-46(22-36(56)57)14-10-44(20-34(52)53)12-16-48(24-38(60)61)25-39(62)63/h2-9H,10-27H2,1H3,(H,42,50)(H,52,53)(H,54,55)(H,56,57)(H,58,59)(H,60,61)(H,62,63)(H,64,65)(H,66,67). The summed E-state index contributed by atoms with van der Waals surface area (Å²) in [5.74, 6) is -11.2. The Morgan fingerprint density at radius 1 is 0.358 bits per heavy atom. The third kappa shape index (κ3) is 24.1. The van der Waals surface area contributed by atoms with Crippen molar-refractivity contribution in [3.05, 3.63) is 48.5 Å². The zero-order chi connectivity index (χ0) is 50.2. The van der Waals surface area contributed by atoms with Crippen LogP contribution in [0.25, 0.3) is 11.1 Å². The first-order chi connectivity index (χ1) is 31.5. The second-order valence-corrected chi connectivity index (χ2v) is 15.2. The van der Waals surface area contributed by atoms with Crippen LogP contribution in [0.5, 0.6) is 0 Å². The van der Waals surface area contributed by atoms with E-state index in [9.17, 15) is 68.4 Å². The fourth-order valence-corrected chi connectivity index (χ4v) is 6.53. The Labute approximate surface area is 383 Å². The van der Waals surface area contributed by atoms with Gasteiger partial charge in [0, 0.05) is 70.8 Å². The summed E-state index contributed by atoms with van der Waals surface area (Å²) in [6, 6.07) is 13.3. The van der Waals surface area contributed by atoms with Gasteiger partial charge in [0.1, 0.15) is 0 Å². The Morgan fingerprint density at radius 2 is 0.612 bits per heavy atom. The van der Waals surface area contributed by atoms with Crippen molar-refractivity contribution in [2.75, 3.05) is 135 Å². The van der Waals surface area contributed by atoms with Crippen molar-refractivity contribution >= 4 is 70.9 Å². The number of benzene rings is 2. The maximum absolute atomic E-state index is 13.3. The fraction of sp³-hybridized carbons (Fsp3) is 0.463. The molecule has 0 spiro atoms. The molecule has 0 saturated heterocycles. The van der Waals surface area contributed by atoms with E-state index in [2.05, 4.69) is 5.32 Å². The Bertz CT molecular complexity index is 2010. The van der Waals surface area contributed by atoms with Crippen molar-refractivity contribution in [3.8, 4) is 11.1 Å². The number of hydrogen-bond acceptors (Lipinski definition) is 16. The maximum Gasteiger partial charge on any atom is 0.317 e. The minimum Gasteiger partial charge on any atom is -0.480 e. The first-order valence-electron chi connectivity index (χ1n) is 20.3. The lowest BCUT2D eigenvalue weighted by molar-refractivity contribution is -0.144. The van der Waals surface area contributed by atoms with Crippen LogP contribution in [0, 0.1) is 0 Å². The minimum atomic E-state index is -1.28. The van der Waals surface area contributed by atoms with E-state index in [1.807, 2.05) is 0 Å². The van der Waals surface area contributed by atoms with Gasteiger partial charge in [0.15, 0.2) is 0 Å². The summed E-state index contributed by atoms with van der Waals surface area (Å²) >= 11 is 0. The monoisotopic (exact) mass is 948 g/mol. The number of likely N-dealkylation sites (N-methyl/N-ethyl adjacent to an activating group) is 1. The summed E-state index contributed by atoms with van der Waals surface area (Å²) in [7, 11) is 1.48. The third-order valence-electron chi connectivity index (χ3n) is 9.66. The van der Waals surface area contributed by atoms with Gasteiger partial charge in [-0.05, 0) is 35.4 Å². The van der Waals surface area contributed by atoms with Gasteiger partial charge in [-0.1, -0.05) is 24.3 Å².